The predicted octanol–water partition coefficient (Wildman–Crippen LogP) is 5.12. The van der Waals surface area contributed by atoms with Gasteiger partial charge in [0.1, 0.15) is 0 Å². The number of cyclic esters (lactones) is 1. The van der Waals surface area contributed by atoms with E-state index in [1.165, 1.54) is 15.9 Å². The van der Waals surface area contributed by atoms with Crippen LogP contribution in [0.3, 0.4) is 0 Å². The Morgan fingerprint density at radius 1 is 0.875 bits per heavy atom. The zero-order chi connectivity index (χ0) is 28.2. The van der Waals surface area contributed by atoms with Crippen LogP contribution in [0.25, 0.3) is 0 Å². The first-order valence-corrected chi connectivity index (χ1v) is 16.3. The average Bonchev–Trinajstić information content (AvgIpc) is 3.28. The van der Waals surface area contributed by atoms with Gasteiger partial charge in [0.15, 0.2) is 0 Å². The highest BCUT2D eigenvalue weighted by Crippen LogP contribution is 2.54. The van der Waals surface area contributed by atoms with Crippen molar-refractivity contribution >= 4 is 24.7 Å². The van der Waals surface area contributed by atoms with E-state index in [4.69, 9.17) is 18.6 Å². The molecule has 0 amide bonds. The fraction of sp³-hybridized carbons (Fsp3) is 0.441. The molecular formula is C34H42O5Si. The molecule has 1 heterocycles. The standard InChI is InChI=1S/C34H42O5Si/c1-33(2,3)40(27-16-10-6-11-17-27,28-18-12-7-13-19-28)39-24-29-30-25-38-32(35)23-34(30,26-14-8-5-9-15-26)22-31(29)37-21-20-36-4/h5-19,29-31H,20-25H2,1-4H3/t29-,30-,31-,34-/m1/s1. The Morgan fingerprint density at radius 2 is 1.45 bits per heavy atom. The first kappa shape index (κ1) is 28.7. The topological polar surface area (TPSA) is 54.0 Å². The van der Waals surface area contributed by atoms with Crippen LogP contribution in [-0.4, -0.2) is 53.9 Å². The number of methoxy groups -OCH3 is 1. The van der Waals surface area contributed by atoms with E-state index < -0.39 is 8.32 Å². The number of benzene rings is 3. The minimum Gasteiger partial charge on any atom is -0.465 e. The van der Waals surface area contributed by atoms with Crippen LogP contribution in [0.2, 0.25) is 5.04 Å². The van der Waals surface area contributed by atoms with E-state index >= 15 is 0 Å². The molecule has 1 aliphatic carbocycles. The first-order valence-electron chi connectivity index (χ1n) is 14.4. The number of rotatable bonds is 10. The second kappa shape index (κ2) is 12.0. The molecule has 1 saturated carbocycles. The molecular weight excluding hydrogens is 516 g/mol. The summed E-state index contributed by atoms with van der Waals surface area (Å²) in [6.45, 7) is 8.85. The molecule has 0 radical (unpaired) electrons. The number of carbonyl (C=O) groups excluding carboxylic acids is 1. The Bertz CT molecular complexity index is 1200. The molecule has 5 rings (SSSR count). The SMILES string of the molecule is COCCO[C@@H]1C[C@]2(c3ccccc3)CC(=O)OC[C@@H]2[C@H]1CO[Si](c1ccccc1)(c1ccccc1)C(C)(C)C. The van der Waals surface area contributed by atoms with Crippen molar-refractivity contribution in [1.29, 1.82) is 0 Å². The fourth-order valence-electron chi connectivity index (χ4n) is 7.18. The lowest BCUT2D eigenvalue weighted by molar-refractivity contribution is -0.155. The lowest BCUT2D eigenvalue weighted by atomic mass is 9.67. The van der Waals surface area contributed by atoms with Gasteiger partial charge < -0.3 is 18.6 Å². The molecule has 0 bridgehead atoms. The van der Waals surface area contributed by atoms with E-state index in [0.717, 1.165) is 6.42 Å². The van der Waals surface area contributed by atoms with Crippen molar-refractivity contribution in [3.8, 4) is 0 Å². The van der Waals surface area contributed by atoms with Crippen LogP contribution in [0.15, 0.2) is 91.0 Å². The maximum atomic E-state index is 12.8. The lowest BCUT2D eigenvalue weighted by Gasteiger charge is -2.45. The van der Waals surface area contributed by atoms with Gasteiger partial charge in [-0.25, -0.2) is 0 Å². The second-order valence-corrected chi connectivity index (χ2v) is 16.5. The van der Waals surface area contributed by atoms with Gasteiger partial charge in [0.05, 0.1) is 32.3 Å². The highest BCUT2D eigenvalue weighted by molar-refractivity contribution is 6.99. The first-order chi connectivity index (χ1) is 19.3. The summed E-state index contributed by atoms with van der Waals surface area (Å²) in [6, 6.07) is 32.0. The van der Waals surface area contributed by atoms with Crippen molar-refractivity contribution in [1.82, 2.24) is 0 Å². The normalized spacial score (nSPS) is 24.9. The summed E-state index contributed by atoms with van der Waals surface area (Å²) in [5.41, 5.74) is 0.846. The molecule has 3 aromatic carbocycles. The Kier molecular flexibility index (Phi) is 8.62. The highest BCUT2D eigenvalue weighted by Gasteiger charge is 2.59. The van der Waals surface area contributed by atoms with E-state index in [2.05, 4.69) is 106 Å². The maximum Gasteiger partial charge on any atom is 0.306 e. The van der Waals surface area contributed by atoms with E-state index in [9.17, 15) is 4.79 Å². The smallest absolute Gasteiger partial charge is 0.306 e. The summed E-state index contributed by atoms with van der Waals surface area (Å²) >= 11 is 0. The van der Waals surface area contributed by atoms with Gasteiger partial charge in [0.2, 0.25) is 0 Å². The summed E-state index contributed by atoms with van der Waals surface area (Å²) in [4.78, 5) is 12.8. The van der Waals surface area contributed by atoms with Gasteiger partial charge in [-0.1, -0.05) is 112 Å². The van der Waals surface area contributed by atoms with Gasteiger partial charge in [-0.05, 0) is 27.4 Å². The molecule has 212 valence electrons. The Morgan fingerprint density at radius 3 is 2.00 bits per heavy atom. The van der Waals surface area contributed by atoms with Gasteiger partial charge in [-0.15, -0.1) is 0 Å². The molecule has 6 heteroatoms. The number of carbonyl (C=O) groups is 1. The highest BCUT2D eigenvalue weighted by atomic mass is 28.4. The van der Waals surface area contributed by atoms with Crippen molar-refractivity contribution in [2.45, 2.75) is 50.2 Å². The van der Waals surface area contributed by atoms with E-state index in [-0.39, 0.29) is 34.4 Å². The van der Waals surface area contributed by atoms with Crippen molar-refractivity contribution in [2.24, 2.45) is 11.8 Å². The van der Waals surface area contributed by atoms with Gasteiger partial charge >= 0.3 is 5.97 Å². The molecule has 1 aliphatic heterocycles. The third kappa shape index (κ3) is 5.30. The Hall–Kier alpha value is -2.77. The third-order valence-corrected chi connectivity index (χ3v) is 14.0. The van der Waals surface area contributed by atoms with Crippen LogP contribution in [0.4, 0.5) is 0 Å². The van der Waals surface area contributed by atoms with Crippen LogP contribution in [-0.2, 0) is 28.8 Å². The largest absolute Gasteiger partial charge is 0.465 e. The zero-order valence-electron chi connectivity index (χ0n) is 24.2. The van der Waals surface area contributed by atoms with Crippen LogP contribution in [0.5, 0.6) is 0 Å². The maximum absolute atomic E-state index is 12.8. The molecule has 0 N–H and O–H groups in total. The number of hydrogen-bond acceptors (Lipinski definition) is 5. The molecule has 1 saturated heterocycles. The number of hydrogen-bond donors (Lipinski definition) is 0. The van der Waals surface area contributed by atoms with Crippen LogP contribution < -0.4 is 10.4 Å². The van der Waals surface area contributed by atoms with Gasteiger partial charge in [-0.2, -0.15) is 0 Å². The van der Waals surface area contributed by atoms with E-state index in [1.54, 1.807) is 7.11 Å². The molecule has 0 spiro atoms. The summed E-state index contributed by atoms with van der Waals surface area (Å²) < 4.78 is 25.0. The van der Waals surface area contributed by atoms with Crippen LogP contribution >= 0.6 is 0 Å². The summed E-state index contributed by atoms with van der Waals surface area (Å²) in [7, 11) is -1.05. The van der Waals surface area contributed by atoms with Crippen molar-refractivity contribution in [2.75, 3.05) is 33.5 Å². The Balaban J connectivity index is 1.56. The monoisotopic (exact) mass is 558 g/mol. The van der Waals surface area contributed by atoms with E-state index in [1.807, 2.05) is 6.07 Å². The molecule has 4 atom stereocenters. The Labute approximate surface area is 239 Å². The lowest BCUT2D eigenvalue weighted by Crippen LogP contribution is -2.67. The molecule has 3 aromatic rings. The summed E-state index contributed by atoms with van der Waals surface area (Å²) in [5.74, 6) is 0.0227. The number of ether oxygens (including phenoxy) is 3. The minimum atomic E-state index is -2.75. The third-order valence-electron chi connectivity index (χ3n) is 9.03. The quantitative estimate of drug-likeness (QED) is 0.197. The predicted molar refractivity (Wildman–Crippen MR) is 160 cm³/mol. The number of fused-ring (bicyclic) bond motifs is 1. The van der Waals surface area contributed by atoms with E-state index in [0.29, 0.717) is 32.8 Å². The molecule has 5 nitrogen and oxygen atoms in total. The summed E-state index contributed by atoms with van der Waals surface area (Å²) in [6.07, 6.45) is 1.05. The molecule has 2 fully saturated rings. The fourth-order valence-corrected chi connectivity index (χ4v) is 11.8. The molecule has 0 unspecified atom stereocenters. The van der Waals surface area contributed by atoms with Crippen molar-refractivity contribution in [3.05, 3.63) is 96.6 Å². The zero-order valence-corrected chi connectivity index (χ0v) is 25.2. The second-order valence-electron chi connectivity index (χ2n) is 12.2. The molecule has 2 aliphatic rings. The van der Waals surface area contributed by atoms with Gasteiger partial charge in [0, 0.05) is 31.0 Å². The summed E-state index contributed by atoms with van der Waals surface area (Å²) in [5, 5.41) is 2.39. The van der Waals surface area contributed by atoms with Gasteiger partial charge in [0.25, 0.3) is 8.32 Å². The van der Waals surface area contributed by atoms with Crippen LogP contribution in [0, 0.1) is 11.8 Å². The van der Waals surface area contributed by atoms with Crippen LogP contribution in [0.1, 0.15) is 39.2 Å². The number of esters is 1. The molecule has 0 aromatic heterocycles. The average molecular weight is 559 g/mol. The van der Waals surface area contributed by atoms with Crippen molar-refractivity contribution < 1.29 is 23.4 Å². The van der Waals surface area contributed by atoms with Gasteiger partial charge in [-0.3, -0.25) is 4.79 Å². The van der Waals surface area contributed by atoms with Crippen molar-refractivity contribution in [3.63, 3.8) is 0 Å². The minimum absolute atomic E-state index is 0.0619. The molecule has 40 heavy (non-hydrogen) atoms.